The number of hydrogen-bond acceptors (Lipinski definition) is 4. The first-order valence-corrected chi connectivity index (χ1v) is 7.60. The average Bonchev–Trinajstić information content (AvgIpc) is 2.99. The second-order valence-electron chi connectivity index (χ2n) is 4.78. The smallest absolute Gasteiger partial charge is 0.214 e. The minimum Gasteiger partial charge on any atom is -0.289 e. The number of thioether (sulfide) groups is 1. The molecule has 0 amide bonds. The highest BCUT2D eigenvalue weighted by atomic mass is 32.2. The molecule has 0 saturated heterocycles. The van der Waals surface area contributed by atoms with Crippen LogP contribution < -0.4 is 5.43 Å². The molecule has 1 N–H and O–H groups in total. The Balaban J connectivity index is 1.73. The molecule has 3 aromatic rings. The molecule has 22 heavy (non-hydrogen) atoms. The van der Waals surface area contributed by atoms with Gasteiger partial charge in [0.2, 0.25) is 5.16 Å². The quantitative estimate of drug-likeness (QED) is 0.783. The zero-order valence-corrected chi connectivity index (χ0v) is 12.2. The molecule has 4 rings (SSSR count). The van der Waals surface area contributed by atoms with Crippen molar-refractivity contribution in [2.75, 3.05) is 5.43 Å². The van der Waals surface area contributed by atoms with Gasteiger partial charge >= 0.3 is 0 Å². The molecule has 0 aliphatic carbocycles. The van der Waals surface area contributed by atoms with Gasteiger partial charge < -0.3 is 0 Å². The maximum atomic E-state index is 13.4. The average molecular weight is 310 g/mol. The minimum atomic E-state index is -0.294. The van der Waals surface area contributed by atoms with E-state index in [-0.39, 0.29) is 5.82 Å². The molecule has 2 aromatic carbocycles. The van der Waals surface area contributed by atoms with Gasteiger partial charge in [-0.15, -0.1) is 10.2 Å². The number of rotatable bonds is 2. The van der Waals surface area contributed by atoms with Crippen molar-refractivity contribution in [3.8, 4) is 11.4 Å². The molecule has 0 saturated carbocycles. The molecule has 0 fully saturated rings. The van der Waals surface area contributed by atoms with Crippen molar-refractivity contribution in [1.29, 1.82) is 0 Å². The Kier molecular flexibility index (Phi) is 3.16. The lowest BCUT2D eigenvalue weighted by atomic mass is 10.2. The van der Waals surface area contributed by atoms with Crippen LogP contribution in [-0.2, 0) is 0 Å². The van der Waals surface area contributed by atoms with Gasteiger partial charge in [-0.05, 0) is 17.7 Å². The second-order valence-corrected chi connectivity index (χ2v) is 5.62. The maximum absolute atomic E-state index is 13.4. The fraction of sp³-hybridized carbons (Fsp3) is 0. The molecule has 0 atom stereocenters. The highest BCUT2D eigenvalue weighted by Gasteiger charge is 2.19. The summed E-state index contributed by atoms with van der Waals surface area (Å²) >= 11 is 1.48. The summed E-state index contributed by atoms with van der Waals surface area (Å²) in [5.74, 6) is 0.292. The summed E-state index contributed by atoms with van der Waals surface area (Å²) in [5, 5.41) is 11.0. The van der Waals surface area contributed by atoms with Crippen LogP contribution >= 0.6 is 11.8 Å². The van der Waals surface area contributed by atoms with Crippen molar-refractivity contribution >= 4 is 17.5 Å². The third-order valence-electron chi connectivity index (χ3n) is 3.32. The standard InChI is InChI=1S/C16H11FN4S/c17-13-8-4-7-12(9-13)15-18-19-16-21(15)20-14(10-22-16)11-5-2-1-3-6-11/h1-10,20H. The molecular weight excluding hydrogens is 299 g/mol. The van der Waals surface area contributed by atoms with Gasteiger partial charge in [-0.3, -0.25) is 5.43 Å². The first-order valence-electron chi connectivity index (χ1n) is 6.72. The van der Waals surface area contributed by atoms with Gasteiger partial charge in [-0.1, -0.05) is 54.2 Å². The summed E-state index contributed by atoms with van der Waals surface area (Å²) in [7, 11) is 0. The van der Waals surface area contributed by atoms with Crippen molar-refractivity contribution in [3.63, 3.8) is 0 Å². The number of fused-ring (bicyclic) bond motifs is 1. The lowest BCUT2D eigenvalue weighted by Gasteiger charge is -2.19. The van der Waals surface area contributed by atoms with Crippen LogP contribution in [0.2, 0.25) is 0 Å². The van der Waals surface area contributed by atoms with Crippen molar-refractivity contribution in [1.82, 2.24) is 14.9 Å². The highest BCUT2D eigenvalue weighted by molar-refractivity contribution is 8.02. The molecule has 1 aliphatic heterocycles. The third-order valence-corrected chi connectivity index (χ3v) is 4.14. The van der Waals surface area contributed by atoms with E-state index in [0.717, 1.165) is 16.4 Å². The van der Waals surface area contributed by atoms with Gasteiger partial charge in [0.25, 0.3) is 0 Å². The van der Waals surface area contributed by atoms with Gasteiger partial charge in [0.1, 0.15) is 5.82 Å². The number of halogens is 1. The Morgan fingerprint density at radius 1 is 0.955 bits per heavy atom. The van der Waals surface area contributed by atoms with E-state index in [9.17, 15) is 4.39 Å². The monoisotopic (exact) mass is 310 g/mol. The molecule has 108 valence electrons. The normalized spacial score (nSPS) is 13.2. The van der Waals surface area contributed by atoms with E-state index in [4.69, 9.17) is 0 Å². The van der Waals surface area contributed by atoms with Crippen LogP contribution in [0.3, 0.4) is 0 Å². The first-order chi connectivity index (χ1) is 10.8. The van der Waals surface area contributed by atoms with Crippen LogP contribution in [0.1, 0.15) is 5.56 Å². The first kappa shape index (κ1) is 13.1. The molecule has 2 heterocycles. The van der Waals surface area contributed by atoms with E-state index in [2.05, 4.69) is 15.6 Å². The van der Waals surface area contributed by atoms with E-state index >= 15 is 0 Å². The van der Waals surface area contributed by atoms with Gasteiger partial charge in [0.15, 0.2) is 5.82 Å². The summed E-state index contributed by atoms with van der Waals surface area (Å²) in [4.78, 5) is 0. The fourth-order valence-electron chi connectivity index (χ4n) is 2.27. The number of nitrogens with one attached hydrogen (secondary N) is 1. The Labute approximate surface area is 130 Å². The van der Waals surface area contributed by atoms with Gasteiger partial charge in [-0.2, -0.15) is 0 Å². The van der Waals surface area contributed by atoms with Gasteiger partial charge in [0, 0.05) is 11.0 Å². The maximum Gasteiger partial charge on any atom is 0.214 e. The number of nitrogens with zero attached hydrogens (tertiary/aromatic N) is 3. The van der Waals surface area contributed by atoms with Crippen LogP contribution in [0.25, 0.3) is 17.1 Å². The third kappa shape index (κ3) is 2.27. The molecule has 1 aromatic heterocycles. The fourth-order valence-corrected chi connectivity index (χ4v) is 3.01. The largest absolute Gasteiger partial charge is 0.289 e. The van der Waals surface area contributed by atoms with E-state index in [1.165, 1.54) is 23.9 Å². The van der Waals surface area contributed by atoms with Crippen LogP contribution in [0.5, 0.6) is 0 Å². The summed E-state index contributed by atoms with van der Waals surface area (Å²) < 4.78 is 15.2. The lowest BCUT2D eigenvalue weighted by molar-refractivity contribution is 0.628. The number of hydrogen-bond donors (Lipinski definition) is 1. The van der Waals surface area contributed by atoms with Crippen LogP contribution in [0.15, 0.2) is 65.2 Å². The summed E-state index contributed by atoms with van der Waals surface area (Å²) in [6, 6.07) is 16.3. The second kappa shape index (κ2) is 5.31. The molecule has 0 spiro atoms. The highest BCUT2D eigenvalue weighted by Crippen LogP contribution is 2.31. The predicted octanol–water partition coefficient (Wildman–Crippen LogP) is 3.73. The van der Waals surface area contributed by atoms with Gasteiger partial charge in [-0.25, -0.2) is 9.07 Å². The van der Waals surface area contributed by atoms with E-state index < -0.39 is 0 Å². The lowest BCUT2D eigenvalue weighted by Crippen LogP contribution is -2.18. The molecule has 4 nitrogen and oxygen atoms in total. The van der Waals surface area contributed by atoms with E-state index in [0.29, 0.717) is 11.4 Å². The van der Waals surface area contributed by atoms with Crippen molar-refractivity contribution < 1.29 is 4.39 Å². The van der Waals surface area contributed by atoms with Crippen LogP contribution in [0, 0.1) is 5.82 Å². The van der Waals surface area contributed by atoms with Crippen molar-refractivity contribution in [3.05, 3.63) is 71.4 Å². The summed E-state index contributed by atoms with van der Waals surface area (Å²) in [5.41, 5.74) is 5.99. The van der Waals surface area contributed by atoms with Gasteiger partial charge in [0.05, 0.1) is 5.70 Å². The Morgan fingerprint density at radius 3 is 2.59 bits per heavy atom. The predicted molar refractivity (Wildman–Crippen MR) is 85.1 cm³/mol. The molecule has 1 aliphatic rings. The van der Waals surface area contributed by atoms with Crippen molar-refractivity contribution in [2.24, 2.45) is 0 Å². The Bertz CT molecular complexity index is 858. The Morgan fingerprint density at radius 2 is 1.77 bits per heavy atom. The molecular formula is C16H11FN4S. The Hall–Kier alpha value is -2.60. The summed E-state index contributed by atoms with van der Waals surface area (Å²) in [6.07, 6.45) is 0. The van der Waals surface area contributed by atoms with Crippen LogP contribution in [0.4, 0.5) is 4.39 Å². The number of aromatic nitrogens is 3. The van der Waals surface area contributed by atoms with Crippen LogP contribution in [-0.4, -0.2) is 14.9 Å². The van der Waals surface area contributed by atoms with E-state index in [1.807, 2.05) is 41.8 Å². The van der Waals surface area contributed by atoms with E-state index in [1.54, 1.807) is 10.7 Å². The zero-order valence-electron chi connectivity index (χ0n) is 11.4. The summed E-state index contributed by atoms with van der Waals surface area (Å²) in [6.45, 7) is 0. The topological polar surface area (TPSA) is 42.7 Å². The minimum absolute atomic E-state index is 0.294. The number of benzene rings is 2. The molecule has 0 bridgehead atoms. The molecule has 6 heteroatoms. The molecule has 0 radical (unpaired) electrons. The SMILES string of the molecule is Fc1cccc(-c2nnc3n2NC(c2ccccc2)=CS3)c1. The zero-order chi connectivity index (χ0) is 14.9. The van der Waals surface area contributed by atoms with Crippen molar-refractivity contribution in [2.45, 2.75) is 5.16 Å². The molecule has 0 unspecified atom stereocenters.